The predicted octanol–water partition coefficient (Wildman–Crippen LogP) is 2.39. The van der Waals surface area contributed by atoms with Gasteiger partial charge in [-0.25, -0.2) is 4.79 Å². The van der Waals surface area contributed by atoms with E-state index in [4.69, 9.17) is 9.47 Å². The lowest BCUT2D eigenvalue weighted by molar-refractivity contribution is -0.144. The normalized spacial score (nSPS) is 22.2. The topological polar surface area (TPSA) is 64.6 Å². The average molecular weight is 257 g/mol. The van der Waals surface area contributed by atoms with Crippen LogP contribution in [0.2, 0.25) is 0 Å². The van der Waals surface area contributed by atoms with E-state index in [-0.39, 0.29) is 18.6 Å². The van der Waals surface area contributed by atoms with Gasteiger partial charge in [-0.05, 0) is 33.6 Å². The van der Waals surface area contributed by atoms with Gasteiger partial charge in [0.1, 0.15) is 12.2 Å². The molecule has 1 atom stereocenters. The fraction of sp³-hybridized carbons (Fsp3) is 0.846. The van der Waals surface area contributed by atoms with Crippen LogP contribution in [0.3, 0.4) is 0 Å². The first-order valence-electron chi connectivity index (χ1n) is 6.52. The molecule has 0 aromatic heterocycles. The summed E-state index contributed by atoms with van der Waals surface area (Å²) in [5.41, 5.74) is -0.515. The number of carbonyl (C=O) groups excluding carboxylic acids is 2. The molecule has 1 amide bonds. The van der Waals surface area contributed by atoms with E-state index < -0.39 is 11.7 Å². The van der Waals surface area contributed by atoms with E-state index >= 15 is 0 Å². The number of ether oxygens (including phenoxy) is 2. The van der Waals surface area contributed by atoms with Crippen LogP contribution in [-0.4, -0.2) is 30.3 Å². The molecule has 0 saturated carbocycles. The maximum Gasteiger partial charge on any atom is 0.407 e. The van der Waals surface area contributed by atoms with Gasteiger partial charge >= 0.3 is 12.1 Å². The third-order valence-corrected chi connectivity index (χ3v) is 2.60. The highest BCUT2D eigenvalue weighted by Gasteiger charge is 2.21. The molecular formula is C13H23NO4. The van der Waals surface area contributed by atoms with Crippen LogP contribution in [0.15, 0.2) is 0 Å². The van der Waals surface area contributed by atoms with E-state index in [9.17, 15) is 9.59 Å². The summed E-state index contributed by atoms with van der Waals surface area (Å²) < 4.78 is 10.3. The summed E-state index contributed by atoms with van der Waals surface area (Å²) in [6.45, 7) is 5.68. The molecule has 0 radical (unpaired) electrons. The third kappa shape index (κ3) is 6.47. The van der Waals surface area contributed by atoms with Crippen molar-refractivity contribution in [1.29, 1.82) is 0 Å². The maximum atomic E-state index is 11.6. The van der Waals surface area contributed by atoms with Crippen LogP contribution in [0.25, 0.3) is 0 Å². The third-order valence-electron chi connectivity index (χ3n) is 2.60. The monoisotopic (exact) mass is 257 g/mol. The lowest BCUT2D eigenvalue weighted by Crippen LogP contribution is -2.41. The molecule has 1 heterocycles. The summed E-state index contributed by atoms with van der Waals surface area (Å²) in [7, 11) is 0. The molecule has 0 aromatic carbocycles. The number of cyclic esters (lactones) is 1. The fourth-order valence-corrected chi connectivity index (χ4v) is 1.77. The Morgan fingerprint density at radius 2 is 2.06 bits per heavy atom. The first-order valence-corrected chi connectivity index (χ1v) is 6.52. The van der Waals surface area contributed by atoms with Crippen LogP contribution < -0.4 is 5.32 Å². The summed E-state index contributed by atoms with van der Waals surface area (Å²) in [5, 5.41) is 2.75. The average Bonchev–Trinajstić information content (AvgIpc) is 2.30. The predicted molar refractivity (Wildman–Crippen MR) is 67.2 cm³/mol. The molecule has 1 aliphatic rings. The molecule has 104 valence electrons. The molecule has 1 aliphatic heterocycles. The van der Waals surface area contributed by atoms with E-state index in [1.54, 1.807) is 0 Å². The van der Waals surface area contributed by atoms with Gasteiger partial charge in [0.2, 0.25) is 0 Å². The summed E-state index contributed by atoms with van der Waals surface area (Å²) in [4.78, 5) is 22.9. The van der Waals surface area contributed by atoms with Crippen molar-refractivity contribution in [2.24, 2.45) is 0 Å². The van der Waals surface area contributed by atoms with Gasteiger partial charge in [0.05, 0.1) is 6.04 Å². The van der Waals surface area contributed by atoms with Crippen molar-refractivity contribution >= 4 is 12.1 Å². The van der Waals surface area contributed by atoms with Crippen molar-refractivity contribution < 1.29 is 19.1 Å². The van der Waals surface area contributed by atoms with E-state index in [0.717, 1.165) is 25.7 Å². The van der Waals surface area contributed by atoms with E-state index in [0.29, 0.717) is 6.42 Å². The van der Waals surface area contributed by atoms with Crippen molar-refractivity contribution in [1.82, 2.24) is 5.32 Å². The second-order valence-electron chi connectivity index (χ2n) is 5.63. The minimum absolute atomic E-state index is 0.151. The molecule has 1 fully saturated rings. The summed E-state index contributed by atoms with van der Waals surface area (Å²) in [6.07, 6.45) is 3.66. The van der Waals surface area contributed by atoms with Crippen LogP contribution in [0.5, 0.6) is 0 Å². The summed E-state index contributed by atoms with van der Waals surface area (Å²) in [6, 6.07) is -0.151. The highest BCUT2D eigenvalue weighted by atomic mass is 16.6. The molecule has 1 N–H and O–H groups in total. The smallest absolute Gasteiger partial charge is 0.407 e. The first-order chi connectivity index (χ1) is 8.37. The van der Waals surface area contributed by atoms with Crippen LogP contribution in [0.4, 0.5) is 4.79 Å². The van der Waals surface area contributed by atoms with Gasteiger partial charge in [-0.2, -0.15) is 0 Å². The van der Waals surface area contributed by atoms with Crippen LogP contribution in [0.1, 0.15) is 52.9 Å². The molecule has 1 saturated heterocycles. The Kier molecular flexibility index (Phi) is 5.44. The van der Waals surface area contributed by atoms with Crippen molar-refractivity contribution in [3.63, 3.8) is 0 Å². The lowest BCUT2D eigenvalue weighted by Gasteiger charge is -2.23. The second kappa shape index (κ2) is 6.61. The van der Waals surface area contributed by atoms with E-state index in [2.05, 4.69) is 5.32 Å². The number of amides is 1. The number of carbonyl (C=O) groups is 2. The highest BCUT2D eigenvalue weighted by molar-refractivity contribution is 5.70. The zero-order valence-corrected chi connectivity index (χ0v) is 11.5. The molecule has 0 bridgehead atoms. The number of rotatable bonds is 1. The zero-order chi connectivity index (χ0) is 13.6. The maximum absolute atomic E-state index is 11.6. The minimum Gasteiger partial charge on any atom is -0.463 e. The standard InChI is InChI=1S/C13H23NO4/c1-13(2,3)18-12(16)14-10-7-5-4-6-8-11(15)17-9-10/h10H,4-9H2,1-3H3,(H,14,16). The molecule has 5 heteroatoms. The number of esters is 1. The molecular weight excluding hydrogens is 234 g/mol. The Morgan fingerprint density at radius 1 is 1.33 bits per heavy atom. The molecule has 5 nitrogen and oxygen atoms in total. The highest BCUT2D eigenvalue weighted by Crippen LogP contribution is 2.12. The Balaban J connectivity index is 2.42. The molecule has 18 heavy (non-hydrogen) atoms. The van der Waals surface area contributed by atoms with Crippen molar-refractivity contribution in [3.05, 3.63) is 0 Å². The quantitative estimate of drug-likeness (QED) is 0.732. The first kappa shape index (κ1) is 14.8. The van der Waals surface area contributed by atoms with Crippen LogP contribution in [0, 0.1) is 0 Å². The Labute approximate surface area is 108 Å². The summed E-state index contributed by atoms with van der Waals surface area (Å²) in [5.74, 6) is -0.187. The van der Waals surface area contributed by atoms with Gasteiger partial charge in [0, 0.05) is 6.42 Å². The van der Waals surface area contributed by atoms with Gasteiger partial charge in [-0.15, -0.1) is 0 Å². The van der Waals surface area contributed by atoms with Crippen molar-refractivity contribution in [2.75, 3.05) is 6.61 Å². The zero-order valence-electron chi connectivity index (χ0n) is 11.5. The van der Waals surface area contributed by atoms with Crippen molar-refractivity contribution in [3.8, 4) is 0 Å². The SMILES string of the molecule is CC(C)(C)OC(=O)NC1CCCCCC(=O)OC1. The van der Waals surface area contributed by atoms with Gasteiger partial charge in [-0.1, -0.05) is 12.8 Å². The van der Waals surface area contributed by atoms with Gasteiger partial charge in [0.25, 0.3) is 0 Å². The fourth-order valence-electron chi connectivity index (χ4n) is 1.77. The largest absolute Gasteiger partial charge is 0.463 e. The Hall–Kier alpha value is -1.26. The van der Waals surface area contributed by atoms with Crippen LogP contribution >= 0.6 is 0 Å². The molecule has 0 spiro atoms. The number of nitrogens with one attached hydrogen (secondary N) is 1. The van der Waals surface area contributed by atoms with Crippen LogP contribution in [-0.2, 0) is 14.3 Å². The summed E-state index contributed by atoms with van der Waals surface area (Å²) >= 11 is 0. The Morgan fingerprint density at radius 3 is 2.72 bits per heavy atom. The Bertz CT molecular complexity index is 296. The van der Waals surface area contributed by atoms with Gasteiger partial charge < -0.3 is 14.8 Å². The molecule has 0 aromatic rings. The number of alkyl carbamates (subject to hydrolysis) is 1. The van der Waals surface area contributed by atoms with E-state index in [1.165, 1.54) is 0 Å². The number of hydrogen-bond donors (Lipinski definition) is 1. The second-order valence-corrected chi connectivity index (χ2v) is 5.63. The number of hydrogen-bond acceptors (Lipinski definition) is 4. The molecule has 0 aliphatic carbocycles. The van der Waals surface area contributed by atoms with Crippen molar-refractivity contribution in [2.45, 2.75) is 64.5 Å². The minimum atomic E-state index is -0.515. The van der Waals surface area contributed by atoms with E-state index in [1.807, 2.05) is 20.8 Å². The van der Waals surface area contributed by atoms with Gasteiger partial charge in [0.15, 0.2) is 0 Å². The molecule has 1 rings (SSSR count). The lowest BCUT2D eigenvalue weighted by atomic mass is 10.1. The van der Waals surface area contributed by atoms with Gasteiger partial charge in [-0.3, -0.25) is 4.79 Å². The molecule has 1 unspecified atom stereocenters.